The second-order valence-electron chi connectivity index (χ2n) is 5.29. The molecule has 5 nitrogen and oxygen atoms in total. The first-order valence-corrected chi connectivity index (χ1v) is 8.03. The minimum atomic E-state index is -0.435. The third-order valence-corrected chi connectivity index (χ3v) is 3.83. The van der Waals surface area contributed by atoms with Crippen LogP contribution in [-0.4, -0.2) is 48.5 Å². The van der Waals surface area contributed by atoms with Gasteiger partial charge >= 0.3 is 6.09 Å². The summed E-state index contributed by atoms with van der Waals surface area (Å²) in [5.74, 6) is 0.425. The number of amides is 2. The largest absolute Gasteiger partial charge is 0.448 e. The Balaban J connectivity index is 1.72. The predicted molar refractivity (Wildman–Crippen MR) is 85.0 cm³/mol. The fraction of sp³-hybridized carbons (Fsp3) is 0.500. The van der Waals surface area contributed by atoms with E-state index in [1.165, 1.54) is 0 Å². The molecule has 0 aliphatic carbocycles. The number of nitrogens with zero attached hydrogens (tertiary/aromatic N) is 1. The van der Waals surface area contributed by atoms with Gasteiger partial charge in [-0.25, -0.2) is 4.79 Å². The SMILES string of the molecule is O=C(NC1CCN(C(=O)Cc2ccccc2)CC1)OCCCl. The molecule has 1 saturated heterocycles. The summed E-state index contributed by atoms with van der Waals surface area (Å²) in [5, 5.41) is 2.81. The van der Waals surface area contributed by atoms with Crippen molar-refractivity contribution < 1.29 is 14.3 Å². The molecular weight excluding hydrogens is 304 g/mol. The zero-order valence-electron chi connectivity index (χ0n) is 12.5. The van der Waals surface area contributed by atoms with Crippen LogP contribution in [0.25, 0.3) is 0 Å². The summed E-state index contributed by atoms with van der Waals surface area (Å²) >= 11 is 5.46. The van der Waals surface area contributed by atoms with Crippen LogP contribution in [0.15, 0.2) is 30.3 Å². The molecule has 120 valence electrons. The van der Waals surface area contributed by atoms with Gasteiger partial charge in [0.15, 0.2) is 0 Å². The van der Waals surface area contributed by atoms with Gasteiger partial charge in [-0.3, -0.25) is 4.79 Å². The molecule has 1 aliphatic rings. The number of hydrogen-bond acceptors (Lipinski definition) is 3. The van der Waals surface area contributed by atoms with E-state index >= 15 is 0 Å². The lowest BCUT2D eigenvalue weighted by molar-refractivity contribution is -0.131. The van der Waals surface area contributed by atoms with Crippen molar-refractivity contribution in [2.75, 3.05) is 25.6 Å². The maximum absolute atomic E-state index is 12.2. The Morgan fingerprint density at radius 3 is 2.55 bits per heavy atom. The van der Waals surface area contributed by atoms with Gasteiger partial charge < -0.3 is 15.0 Å². The predicted octanol–water partition coefficient (Wildman–Crippen LogP) is 2.19. The van der Waals surface area contributed by atoms with Gasteiger partial charge in [0.25, 0.3) is 0 Å². The molecule has 6 heteroatoms. The van der Waals surface area contributed by atoms with Gasteiger partial charge in [0.2, 0.25) is 5.91 Å². The van der Waals surface area contributed by atoms with Crippen molar-refractivity contribution in [1.29, 1.82) is 0 Å². The quantitative estimate of drug-likeness (QED) is 0.845. The van der Waals surface area contributed by atoms with Gasteiger partial charge in [-0.2, -0.15) is 0 Å². The average Bonchev–Trinajstić information content (AvgIpc) is 2.54. The molecule has 1 aliphatic heterocycles. The molecule has 2 rings (SSSR count). The van der Waals surface area contributed by atoms with Gasteiger partial charge in [0.05, 0.1) is 12.3 Å². The fourth-order valence-electron chi connectivity index (χ4n) is 2.50. The Bertz CT molecular complexity index is 487. The minimum Gasteiger partial charge on any atom is -0.448 e. The second-order valence-corrected chi connectivity index (χ2v) is 5.66. The Kier molecular flexibility index (Phi) is 6.52. The summed E-state index contributed by atoms with van der Waals surface area (Å²) in [6, 6.07) is 9.78. The Labute approximate surface area is 135 Å². The normalized spacial score (nSPS) is 15.4. The van der Waals surface area contributed by atoms with Crippen LogP contribution in [0, 0.1) is 0 Å². The number of likely N-dealkylation sites (tertiary alicyclic amines) is 1. The maximum atomic E-state index is 12.2. The zero-order chi connectivity index (χ0) is 15.8. The first kappa shape index (κ1) is 16.6. The smallest absolute Gasteiger partial charge is 0.407 e. The molecule has 1 aromatic rings. The monoisotopic (exact) mass is 324 g/mol. The van der Waals surface area contributed by atoms with E-state index in [-0.39, 0.29) is 18.6 Å². The number of carbonyl (C=O) groups is 2. The van der Waals surface area contributed by atoms with Gasteiger partial charge in [0.1, 0.15) is 6.61 Å². The molecule has 1 N–H and O–H groups in total. The van der Waals surface area contributed by atoms with Crippen molar-refractivity contribution in [3.8, 4) is 0 Å². The Hall–Kier alpha value is -1.75. The van der Waals surface area contributed by atoms with Crippen molar-refractivity contribution >= 4 is 23.6 Å². The van der Waals surface area contributed by atoms with E-state index in [1.807, 2.05) is 35.2 Å². The first-order valence-electron chi connectivity index (χ1n) is 7.50. The van der Waals surface area contributed by atoms with Crippen LogP contribution in [0.1, 0.15) is 18.4 Å². The number of ether oxygens (including phenoxy) is 1. The average molecular weight is 325 g/mol. The third kappa shape index (κ3) is 5.22. The molecule has 1 fully saturated rings. The van der Waals surface area contributed by atoms with E-state index in [4.69, 9.17) is 16.3 Å². The van der Waals surface area contributed by atoms with Gasteiger partial charge in [0, 0.05) is 19.1 Å². The summed E-state index contributed by atoms with van der Waals surface area (Å²) in [4.78, 5) is 25.5. The van der Waals surface area contributed by atoms with Crippen LogP contribution in [0.4, 0.5) is 4.79 Å². The number of halogens is 1. The number of piperidine rings is 1. The molecule has 0 unspecified atom stereocenters. The molecule has 0 saturated carbocycles. The summed E-state index contributed by atoms with van der Waals surface area (Å²) < 4.78 is 4.88. The van der Waals surface area contributed by atoms with Crippen LogP contribution in [0.5, 0.6) is 0 Å². The molecule has 1 aromatic carbocycles. The summed E-state index contributed by atoms with van der Waals surface area (Å²) in [6.07, 6.45) is 1.48. The first-order chi connectivity index (χ1) is 10.7. The highest BCUT2D eigenvalue weighted by Gasteiger charge is 2.24. The summed E-state index contributed by atoms with van der Waals surface area (Å²) in [7, 11) is 0. The van der Waals surface area contributed by atoms with Crippen molar-refractivity contribution in [3.05, 3.63) is 35.9 Å². The molecule has 1 heterocycles. The van der Waals surface area contributed by atoms with E-state index < -0.39 is 6.09 Å². The highest BCUT2D eigenvalue weighted by Crippen LogP contribution is 2.12. The highest BCUT2D eigenvalue weighted by molar-refractivity contribution is 6.18. The van der Waals surface area contributed by atoms with E-state index in [0.717, 1.165) is 18.4 Å². The van der Waals surface area contributed by atoms with Crippen molar-refractivity contribution in [2.24, 2.45) is 0 Å². The second kappa shape index (κ2) is 8.63. The molecule has 0 aromatic heterocycles. The molecule has 0 spiro atoms. The van der Waals surface area contributed by atoms with E-state index in [1.54, 1.807) is 0 Å². The standard InChI is InChI=1S/C16H21ClN2O3/c17-8-11-22-16(21)18-14-6-9-19(10-7-14)15(20)12-13-4-2-1-3-5-13/h1-5,14H,6-12H2,(H,18,21). The lowest BCUT2D eigenvalue weighted by Gasteiger charge is -2.32. The number of rotatable bonds is 5. The summed E-state index contributed by atoms with van der Waals surface area (Å²) in [5.41, 5.74) is 1.03. The molecule has 0 radical (unpaired) electrons. The minimum absolute atomic E-state index is 0.0589. The number of hydrogen-bond donors (Lipinski definition) is 1. The van der Waals surface area contributed by atoms with Crippen molar-refractivity contribution in [1.82, 2.24) is 10.2 Å². The van der Waals surface area contributed by atoms with Gasteiger partial charge in [-0.05, 0) is 18.4 Å². The van der Waals surface area contributed by atoms with Crippen LogP contribution in [0.2, 0.25) is 0 Å². The molecule has 22 heavy (non-hydrogen) atoms. The zero-order valence-corrected chi connectivity index (χ0v) is 13.2. The number of benzene rings is 1. The summed E-state index contributed by atoms with van der Waals surface area (Å²) in [6.45, 7) is 1.53. The van der Waals surface area contributed by atoms with E-state index in [2.05, 4.69) is 5.32 Å². The van der Waals surface area contributed by atoms with Gasteiger partial charge in [-0.15, -0.1) is 11.6 Å². The van der Waals surface area contributed by atoms with Crippen molar-refractivity contribution in [3.63, 3.8) is 0 Å². The molecule has 0 bridgehead atoms. The maximum Gasteiger partial charge on any atom is 0.407 e. The Morgan fingerprint density at radius 1 is 1.23 bits per heavy atom. The molecule has 0 atom stereocenters. The van der Waals surface area contributed by atoms with Crippen LogP contribution < -0.4 is 5.32 Å². The molecule has 2 amide bonds. The number of nitrogens with one attached hydrogen (secondary N) is 1. The Morgan fingerprint density at radius 2 is 1.91 bits per heavy atom. The van der Waals surface area contributed by atoms with E-state index in [0.29, 0.717) is 25.4 Å². The van der Waals surface area contributed by atoms with Crippen LogP contribution >= 0.6 is 11.6 Å². The lowest BCUT2D eigenvalue weighted by Crippen LogP contribution is -2.47. The number of alkyl halides is 1. The van der Waals surface area contributed by atoms with Crippen LogP contribution in [0.3, 0.4) is 0 Å². The number of alkyl carbamates (subject to hydrolysis) is 1. The van der Waals surface area contributed by atoms with E-state index in [9.17, 15) is 9.59 Å². The van der Waals surface area contributed by atoms with Crippen molar-refractivity contribution in [2.45, 2.75) is 25.3 Å². The highest BCUT2D eigenvalue weighted by atomic mass is 35.5. The van der Waals surface area contributed by atoms with Gasteiger partial charge in [-0.1, -0.05) is 30.3 Å². The third-order valence-electron chi connectivity index (χ3n) is 3.68. The number of carbonyl (C=O) groups excluding carboxylic acids is 2. The lowest BCUT2D eigenvalue weighted by atomic mass is 10.0. The topological polar surface area (TPSA) is 58.6 Å². The van der Waals surface area contributed by atoms with Crippen LogP contribution in [-0.2, 0) is 16.0 Å². The molecular formula is C16H21ClN2O3. The fourth-order valence-corrected chi connectivity index (χ4v) is 2.57.